The number of methoxy groups -OCH3 is 2. The topological polar surface area (TPSA) is 73.9 Å². The second-order valence-electron chi connectivity index (χ2n) is 5.89. The average Bonchev–Trinajstić information content (AvgIpc) is 2.71. The smallest absolute Gasteiger partial charge is 0.416 e. The first-order valence-electron chi connectivity index (χ1n) is 8.57. The minimum Gasteiger partial charge on any atom is -0.493 e. The number of carbonyl (C=O) groups excluding carboxylic acids is 2. The lowest BCUT2D eigenvalue weighted by atomic mass is 10.0. The third-order valence-electron chi connectivity index (χ3n) is 4.00. The Hall–Kier alpha value is -3.23. The van der Waals surface area contributed by atoms with E-state index in [0.717, 1.165) is 6.07 Å². The van der Waals surface area contributed by atoms with Gasteiger partial charge in [-0.1, -0.05) is 18.2 Å². The van der Waals surface area contributed by atoms with Crippen LogP contribution >= 0.6 is 0 Å². The highest BCUT2D eigenvalue weighted by Crippen LogP contribution is 2.32. The number of esters is 1. The van der Waals surface area contributed by atoms with Crippen molar-refractivity contribution in [3.05, 3.63) is 59.2 Å². The van der Waals surface area contributed by atoms with Gasteiger partial charge < -0.3 is 19.5 Å². The maximum absolute atomic E-state index is 13.0. The Labute approximate surface area is 165 Å². The van der Waals surface area contributed by atoms with E-state index in [-0.39, 0.29) is 42.2 Å². The van der Waals surface area contributed by atoms with Crippen molar-refractivity contribution >= 4 is 11.9 Å². The molecule has 0 saturated heterocycles. The summed E-state index contributed by atoms with van der Waals surface area (Å²) in [4.78, 5) is 23.5. The number of rotatable bonds is 8. The van der Waals surface area contributed by atoms with Gasteiger partial charge in [0.1, 0.15) is 0 Å². The van der Waals surface area contributed by atoms with Crippen molar-refractivity contribution in [3.8, 4) is 11.5 Å². The molecule has 2 aromatic carbocycles. The van der Waals surface area contributed by atoms with Crippen LogP contribution in [0.2, 0.25) is 0 Å². The average molecular weight is 411 g/mol. The van der Waals surface area contributed by atoms with Crippen LogP contribution in [-0.4, -0.2) is 39.2 Å². The fourth-order valence-electron chi connectivity index (χ4n) is 2.55. The number of alkyl halides is 3. The molecule has 2 rings (SSSR count). The summed E-state index contributed by atoms with van der Waals surface area (Å²) < 4.78 is 53.9. The summed E-state index contributed by atoms with van der Waals surface area (Å²) in [5.41, 5.74) is -0.385. The summed E-state index contributed by atoms with van der Waals surface area (Å²) in [5.74, 6) is -0.585. The Morgan fingerprint density at radius 3 is 2.41 bits per heavy atom. The highest BCUT2D eigenvalue weighted by Gasteiger charge is 2.32. The van der Waals surface area contributed by atoms with Crippen LogP contribution in [0, 0.1) is 0 Å². The van der Waals surface area contributed by atoms with Crippen molar-refractivity contribution in [2.75, 3.05) is 27.4 Å². The van der Waals surface area contributed by atoms with Crippen LogP contribution in [0.25, 0.3) is 0 Å². The number of hydrogen-bond acceptors (Lipinski definition) is 5. The van der Waals surface area contributed by atoms with E-state index in [9.17, 15) is 22.8 Å². The van der Waals surface area contributed by atoms with Gasteiger partial charge in [0.2, 0.25) is 0 Å². The molecule has 29 heavy (non-hydrogen) atoms. The van der Waals surface area contributed by atoms with Crippen LogP contribution in [0.4, 0.5) is 13.2 Å². The van der Waals surface area contributed by atoms with Crippen LogP contribution in [-0.2, 0) is 22.1 Å². The molecule has 0 fully saturated rings. The molecule has 0 radical (unpaired) electrons. The second kappa shape index (κ2) is 9.81. The molecule has 9 heteroatoms. The Balaban J connectivity index is 2.00. The Morgan fingerprint density at radius 1 is 1.03 bits per heavy atom. The maximum atomic E-state index is 13.0. The molecular weight excluding hydrogens is 391 g/mol. The molecule has 0 aliphatic heterocycles. The fraction of sp³-hybridized carbons (Fsp3) is 0.300. The van der Waals surface area contributed by atoms with Crippen LogP contribution in [0.1, 0.15) is 21.5 Å². The summed E-state index contributed by atoms with van der Waals surface area (Å²) in [6.45, 7) is -0.300. The van der Waals surface area contributed by atoms with E-state index < -0.39 is 23.6 Å². The van der Waals surface area contributed by atoms with Crippen molar-refractivity contribution in [2.24, 2.45) is 0 Å². The third-order valence-corrected chi connectivity index (χ3v) is 4.00. The van der Waals surface area contributed by atoms with E-state index in [2.05, 4.69) is 10.1 Å². The highest BCUT2D eigenvalue weighted by atomic mass is 19.4. The molecule has 1 amide bonds. The van der Waals surface area contributed by atoms with Gasteiger partial charge in [-0.2, -0.15) is 13.2 Å². The number of ether oxygens (including phenoxy) is 3. The normalized spacial score (nSPS) is 10.9. The van der Waals surface area contributed by atoms with E-state index in [0.29, 0.717) is 0 Å². The zero-order valence-electron chi connectivity index (χ0n) is 15.8. The van der Waals surface area contributed by atoms with Gasteiger partial charge in [-0.05, 0) is 36.2 Å². The summed E-state index contributed by atoms with van der Waals surface area (Å²) in [6, 6.07) is 9.54. The van der Waals surface area contributed by atoms with Crippen molar-refractivity contribution in [3.63, 3.8) is 0 Å². The second-order valence-corrected chi connectivity index (χ2v) is 5.89. The summed E-state index contributed by atoms with van der Waals surface area (Å²) in [6.07, 6.45) is -4.42. The zero-order valence-corrected chi connectivity index (χ0v) is 15.8. The first-order chi connectivity index (χ1) is 13.8. The molecule has 0 unspecified atom stereocenters. The maximum Gasteiger partial charge on any atom is 0.416 e. The number of hydrogen-bond donors (Lipinski definition) is 1. The molecule has 0 heterocycles. The van der Waals surface area contributed by atoms with E-state index in [1.807, 2.05) is 0 Å². The van der Waals surface area contributed by atoms with Crippen molar-refractivity contribution in [2.45, 2.75) is 12.6 Å². The predicted molar refractivity (Wildman–Crippen MR) is 98.0 cm³/mol. The van der Waals surface area contributed by atoms with Crippen LogP contribution < -0.4 is 14.8 Å². The number of amides is 1. The van der Waals surface area contributed by atoms with Gasteiger partial charge in [0.25, 0.3) is 5.91 Å². The Morgan fingerprint density at radius 2 is 1.76 bits per heavy atom. The standard InChI is InChI=1S/C20H20F3NO5/c1-27-17-11-14(7-8-16(17)29-12-18(25)28-2)19(26)24-10-9-13-5-3-4-6-15(13)20(21,22)23/h3-8,11H,9-10,12H2,1-2H3,(H,24,26). The minimum atomic E-state index is -4.45. The van der Waals surface area contributed by atoms with Gasteiger partial charge in [-0.3, -0.25) is 4.79 Å². The Kier molecular flexibility index (Phi) is 7.46. The summed E-state index contributed by atoms with van der Waals surface area (Å²) in [5, 5.41) is 2.58. The van der Waals surface area contributed by atoms with E-state index in [1.54, 1.807) is 0 Å². The highest BCUT2D eigenvalue weighted by molar-refractivity contribution is 5.94. The van der Waals surface area contributed by atoms with Crippen LogP contribution in [0.5, 0.6) is 11.5 Å². The SMILES string of the molecule is COC(=O)COc1ccc(C(=O)NCCc2ccccc2C(F)(F)F)cc1OC. The van der Waals surface area contributed by atoms with Gasteiger partial charge in [-0.25, -0.2) is 4.79 Å². The van der Waals surface area contributed by atoms with Gasteiger partial charge in [0.05, 0.1) is 19.8 Å². The van der Waals surface area contributed by atoms with Gasteiger partial charge in [-0.15, -0.1) is 0 Å². The van der Waals surface area contributed by atoms with Crippen molar-refractivity contribution in [1.82, 2.24) is 5.32 Å². The molecular formula is C20H20F3NO5. The molecule has 0 spiro atoms. The van der Waals surface area contributed by atoms with Gasteiger partial charge >= 0.3 is 12.1 Å². The van der Waals surface area contributed by atoms with E-state index in [4.69, 9.17) is 9.47 Å². The van der Waals surface area contributed by atoms with E-state index >= 15 is 0 Å². The summed E-state index contributed by atoms with van der Waals surface area (Å²) >= 11 is 0. The minimum absolute atomic E-state index is 0.0227. The lowest BCUT2D eigenvalue weighted by Gasteiger charge is -2.13. The summed E-state index contributed by atoms with van der Waals surface area (Å²) in [7, 11) is 2.60. The number of nitrogens with one attached hydrogen (secondary N) is 1. The number of carbonyl (C=O) groups is 2. The quantitative estimate of drug-likeness (QED) is 0.675. The molecule has 0 aliphatic rings. The molecule has 2 aromatic rings. The molecule has 1 N–H and O–H groups in total. The molecule has 6 nitrogen and oxygen atoms in total. The Bertz CT molecular complexity index is 867. The van der Waals surface area contributed by atoms with Gasteiger partial charge in [0, 0.05) is 12.1 Å². The molecule has 156 valence electrons. The lowest BCUT2D eigenvalue weighted by Crippen LogP contribution is -2.26. The van der Waals surface area contributed by atoms with Gasteiger partial charge in [0.15, 0.2) is 18.1 Å². The zero-order chi connectivity index (χ0) is 21.4. The van der Waals surface area contributed by atoms with Crippen LogP contribution in [0.3, 0.4) is 0 Å². The van der Waals surface area contributed by atoms with Crippen molar-refractivity contribution in [1.29, 1.82) is 0 Å². The first-order valence-corrected chi connectivity index (χ1v) is 8.57. The largest absolute Gasteiger partial charge is 0.493 e. The first kappa shape index (κ1) is 22.1. The predicted octanol–water partition coefficient (Wildman–Crippen LogP) is 3.24. The molecule has 0 atom stereocenters. The molecule has 0 aromatic heterocycles. The van der Waals surface area contributed by atoms with Crippen molar-refractivity contribution < 1.29 is 37.0 Å². The molecule has 0 bridgehead atoms. The van der Waals surface area contributed by atoms with Crippen LogP contribution in [0.15, 0.2) is 42.5 Å². The lowest BCUT2D eigenvalue weighted by molar-refractivity contribution is -0.143. The molecule has 0 aliphatic carbocycles. The molecule has 0 saturated carbocycles. The fourth-order valence-corrected chi connectivity index (χ4v) is 2.55. The third kappa shape index (κ3) is 6.13. The number of benzene rings is 2. The van der Waals surface area contributed by atoms with E-state index in [1.165, 1.54) is 50.6 Å². The monoisotopic (exact) mass is 411 g/mol. The number of halogens is 3.